The fourth-order valence-corrected chi connectivity index (χ4v) is 3.13. The molecule has 0 radical (unpaired) electrons. The molecule has 0 spiro atoms. The van der Waals surface area contributed by atoms with Crippen LogP contribution in [0, 0.1) is 0 Å². The van der Waals surface area contributed by atoms with E-state index in [1.165, 1.54) is 12.7 Å². The molecule has 1 atom stereocenters. The molecule has 28 heavy (non-hydrogen) atoms. The van der Waals surface area contributed by atoms with Gasteiger partial charge in [0, 0.05) is 24.5 Å². The summed E-state index contributed by atoms with van der Waals surface area (Å²) in [5.41, 5.74) is 2.11. The molecule has 2 heterocycles. The van der Waals surface area contributed by atoms with Gasteiger partial charge in [0.25, 0.3) is 0 Å². The molecule has 150 valence electrons. The van der Waals surface area contributed by atoms with Gasteiger partial charge in [0.05, 0.1) is 13.7 Å². The van der Waals surface area contributed by atoms with Crippen LogP contribution >= 0.6 is 0 Å². The minimum absolute atomic E-state index is 0.0869. The maximum Gasteiger partial charge on any atom is 0.321 e. The molecule has 1 N–H and O–H groups in total. The van der Waals surface area contributed by atoms with Crippen molar-refractivity contribution in [1.82, 2.24) is 14.9 Å². The molecule has 7 heteroatoms. The Bertz CT molecular complexity index is 802. The number of urea groups is 1. The van der Waals surface area contributed by atoms with Crippen LogP contribution in [-0.2, 0) is 5.41 Å². The zero-order valence-electron chi connectivity index (χ0n) is 16.9. The maximum atomic E-state index is 12.7. The van der Waals surface area contributed by atoms with E-state index in [0.29, 0.717) is 19.0 Å². The van der Waals surface area contributed by atoms with Crippen molar-refractivity contribution in [3.05, 3.63) is 42.1 Å². The number of piperidine rings is 1. The van der Waals surface area contributed by atoms with Gasteiger partial charge in [0.2, 0.25) is 5.88 Å². The lowest BCUT2D eigenvalue weighted by Gasteiger charge is -2.32. The van der Waals surface area contributed by atoms with Gasteiger partial charge < -0.3 is 19.7 Å². The highest BCUT2D eigenvalue weighted by atomic mass is 16.5. The summed E-state index contributed by atoms with van der Waals surface area (Å²) < 4.78 is 11.0. The van der Waals surface area contributed by atoms with Crippen molar-refractivity contribution in [2.75, 3.05) is 25.5 Å². The molecule has 1 saturated heterocycles. The molecule has 1 fully saturated rings. The number of anilines is 1. The Balaban J connectivity index is 1.58. The number of methoxy groups -OCH3 is 1. The van der Waals surface area contributed by atoms with Crippen LogP contribution in [0.3, 0.4) is 0 Å². The van der Waals surface area contributed by atoms with Gasteiger partial charge in [-0.05, 0) is 36.0 Å². The van der Waals surface area contributed by atoms with Crippen LogP contribution in [0.5, 0.6) is 11.9 Å². The first-order chi connectivity index (χ1) is 13.3. The van der Waals surface area contributed by atoms with Crippen LogP contribution in [0.1, 0.15) is 39.2 Å². The Kier molecular flexibility index (Phi) is 6.02. The zero-order valence-corrected chi connectivity index (χ0v) is 16.9. The quantitative estimate of drug-likeness (QED) is 0.866. The molecule has 1 aliphatic rings. The van der Waals surface area contributed by atoms with Crippen molar-refractivity contribution in [3.63, 3.8) is 0 Å². The van der Waals surface area contributed by atoms with Gasteiger partial charge in [-0.1, -0.05) is 32.9 Å². The zero-order chi connectivity index (χ0) is 20.1. The molecule has 2 amide bonds. The lowest BCUT2D eigenvalue weighted by molar-refractivity contribution is 0.102. The molecule has 1 unspecified atom stereocenters. The predicted molar refractivity (Wildman–Crippen MR) is 108 cm³/mol. The summed E-state index contributed by atoms with van der Waals surface area (Å²) in [7, 11) is 1.51. The van der Waals surface area contributed by atoms with Gasteiger partial charge in [0.15, 0.2) is 0 Å². The van der Waals surface area contributed by atoms with Gasteiger partial charge in [-0.25, -0.2) is 9.78 Å². The Hall–Kier alpha value is -2.83. The Morgan fingerprint density at radius 1 is 1.21 bits per heavy atom. The molecule has 0 bridgehead atoms. The van der Waals surface area contributed by atoms with E-state index in [1.807, 2.05) is 12.1 Å². The molecule has 2 aromatic rings. The number of carbonyl (C=O) groups excluding carboxylic acids is 1. The van der Waals surface area contributed by atoms with Crippen LogP contribution in [0.4, 0.5) is 10.5 Å². The lowest BCUT2D eigenvalue weighted by atomic mass is 9.87. The maximum absolute atomic E-state index is 12.7. The number of rotatable bonds is 4. The Morgan fingerprint density at radius 2 is 1.96 bits per heavy atom. The molecule has 1 aromatic carbocycles. The predicted octanol–water partition coefficient (Wildman–Crippen LogP) is 3.86. The van der Waals surface area contributed by atoms with Gasteiger partial charge >= 0.3 is 12.0 Å². The van der Waals surface area contributed by atoms with Gasteiger partial charge in [0.1, 0.15) is 6.10 Å². The number of likely N-dealkylation sites (tertiary alicyclic amines) is 1. The number of benzene rings is 1. The van der Waals surface area contributed by atoms with Crippen molar-refractivity contribution in [3.8, 4) is 11.9 Å². The smallest absolute Gasteiger partial charge is 0.321 e. The summed E-state index contributed by atoms with van der Waals surface area (Å²) in [6, 6.07) is 9.85. The van der Waals surface area contributed by atoms with Crippen LogP contribution in [-0.4, -0.2) is 47.2 Å². The number of nitrogens with one attached hydrogen (secondary N) is 1. The van der Waals surface area contributed by atoms with Gasteiger partial charge in [-0.2, -0.15) is 4.98 Å². The summed E-state index contributed by atoms with van der Waals surface area (Å²) in [6.45, 7) is 7.72. The minimum atomic E-state index is -0.114. The molecular formula is C21H28N4O3. The SMILES string of the molecule is COc1nccc(OC2CCCN(C(=O)Nc3ccc(C(C)(C)C)cc3)C2)n1. The topological polar surface area (TPSA) is 76.6 Å². The third kappa shape index (κ3) is 5.12. The second kappa shape index (κ2) is 8.46. The average molecular weight is 384 g/mol. The second-order valence-corrected chi connectivity index (χ2v) is 7.97. The monoisotopic (exact) mass is 384 g/mol. The fraction of sp³-hybridized carbons (Fsp3) is 0.476. The van der Waals surface area contributed by atoms with Crippen molar-refractivity contribution >= 4 is 11.7 Å². The van der Waals surface area contributed by atoms with Crippen molar-refractivity contribution in [2.45, 2.75) is 45.1 Å². The molecular weight excluding hydrogens is 356 g/mol. The Morgan fingerprint density at radius 3 is 2.64 bits per heavy atom. The summed E-state index contributed by atoms with van der Waals surface area (Å²) >= 11 is 0. The van der Waals surface area contributed by atoms with Crippen molar-refractivity contribution < 1.29 is 14.3 Å². The van der Waals surface area contributed by atoms with E-state index in [0.717, 1.165) is 18.5 Å². The highest BCUT2D eigenvalue weighted by molar-refractivity contribution is 5.89. The lowest BCUT2D eigenvalue weighted by Crippen LogP contribution is -2.46. The van der Waals surface area contributed by atoms with E-state index in [9.17, 15) is 4.79 Å². The van der Waals surface area contributed by atoms with Crippen LogP contribution in [0.25, 0.3) is 0 Å². The largest absolute Gasteiger partial charge is 0.472 e. The summed E-state index contributed by atoms with van der Waals surface area (Å²) in [5.74, 6) is 0.455. The number of amides is 2. The highest BCUT2D eigenvalue weighted by Gasteiger charge is 2.25. The van der Waals surface area contributed by atoms with Crippen LogP contribution < -0.4 is 14.8 Å². The second-order valence-electron chi connectivity index (χ2n) is 7.97. The number of hydrogen-bond donors (Lipinski definition) is 1. The molecule has 7 nitrogen and oxygen atoms in total. The van der Waals surface area contributed by atoms with E-state index >= 15 is 0 Å². The molecule has 0 saturated carbocycles. The number of carbonyl (C=O) groups is 1. The molecule has 1 aliphatic heterocycles. The summed E-state index contributed by atoms with van der Waals surface area (Å²) in [5, 5.41) is 2.98. The van der Waals surface area contributed by atoms with Crippen LogP contribution in [0.15, 0.2) is 36.5 Å². The van der Waals surface area contributed by atoms with E-state index in [4.69, 9.17) is 9.47 Å². The molecule has 1 aromatic heterocycles. The minimum Gasteiger partial charge on any atom is -0.472 e. The number of aromatic nitrogens is 2. The number of ether oxygens (including phenoxy) is 2. The highest BCUT2D eigenvalue weighted by Crippen LogP contribution is 2.24. The Labute approximate surface area is 166 Å². The first-order valence-electron chi connectivity index (χ1n) is 9.55. The fourth-order valence-electron chi connectivity index (χ4n) is 3.13. The summed E-state index contributed by atoms with van der Waals surface area (Å²) in [4.78, 5) is 22.6. The van der Waals surface area contributed by atoms with E-state index < -0.39 is 0 Å². The third-order valence-corrected chi connectivity index (χ3v) is 4.75. The number of hydrogen-bond acceptors (Lipinski definition) is 5. The third-order valence-electron chi connectivity index (χ3n) is 4.75. The first kappa shape index (κ1) is 19.9. The van der Waals surface area contributed by atoms with Gasteiger partial charge in [-0.3, -0.25) is 0 Å². The van der Waals surface area contributed by atoms with E-state index in [1.54, 1.807) is 17.2 Å². The molecule has 3 rings (SSSR count). The molecule has 0 aliphatic carbocycles. The van der Waals surface area contributed by atoms with E-state index in [-0.39, 0.29) is 23.6 Å². The first-order valence-corrected chi connectivity index (χ1v) is 9.55. The average Bonchev–Trinajstić information content (AvgIpc) is 2.68. The van der Waals surface area contributed by atoms with Crippen molar-refractivity contribution in [2.24, 2.45) is 0 Å². The summed E-state index contributed by atoms with van der Waals surface area (Å²) in [6.07, 6.45) is 3.23. The van der Waals surface area contributed by atoms with Gasteiger partial charge in [-0.15, -0.1) is 0 Å². The standard InChI is InChI=1S/C21H28N4O3/c1-21(2,3)15-7-9-16(10-8-15)23-20(26)25-13-5-6-17(14-25)28-18-11-12-22-19(24-18)27-4/h7-12,17H,5-6,13-14H2,1-4H3,(H,23,26). The van der Waals surface area contributed by atoms with E-state index in [2.05, 4.69) is 48.2 Å². The van der Waals surface area contributed by atoms with Crippen molar-refractivity contribution in [1.29, 1.82) is 0 Å². The van der Waals surface area contributed by atoms with Crippen LogP contribution in [0.2, 0.25) is 0 Å². The number of nitrogens with zero attached hydrogens (tertiary/aromatic N) is 3. The normalized spacial score (nSPS) is 17.1.